The monoisotopic (exact) mass is 433 g/mol. The predicted molar refractivity (Wildman–Crippen MR) is 142 cm³/mol. The van der Waals surface area contributed by atoms with Crippen LogP contribution in [0.4, 0.5) is 0 Å². The number of hydrogen-bond donors (Lipinski definition) is 0. The van der Waals surface area contributed by atoms with Crippen molar-refractivity contribution in [2.75, 3.05) is 0 Å². The molecule has 0 bridgehead atoms. The largest absolute Gasteiger partial charge is 0.338 e. The molecule has 158 valence electrons. The fourth-order valence-electron chi connectivity index (χ4n) is 5.19. The molecule has 6 aromatic rings. The highest BCUT2D eigenvalue weighted by molar-refractivity contribution is 7.26. The summed E-state index contributed by atoms with van der Waals surface area (Å²) in [6, 6.07) is 29.9. The third-order valence-corrected chi connectivity index (χ3v) is 7.92. The Hall–Kier alpha value is -3.10. The van der Waals surface area contributed by atoms with Crippen molar-refractivity contribution < 1.29 is 0 Å². The quantitative estimate of drug-likeness (QED) is 0.262. The van der Waals surface area contributed by atoms with Gasteiger partial charge in [0.2, 0.25) is 0 Å². The van der Waals surface area contributed by atoms with E-state index in [1.165, 1.54) is 58.7 Å². The van der Waals surface area contributed by atoms with Crippen molar-refractivity contribution in [3.63, 3.8) is 0 Å². The summed E-state index contributed by atoms with van der Waals surface area (Å²) >= 11 is 1.93. The Morgan fingerprint density at radius 1 is 0.625 bits per heavy atom. The van der Waals surface area contributed by atoms with Gasteiger partial charge in [-0.15, -0.1) is 11.3 Å². The number of hydrogen-bond acceptors (Lipinski definition) is 1. The van der Waals surface area contributed by atoms with Gasteiger partial charge in [-0.1, -0.05) is 56.3 Å². The maximum absolute atomic E-state index is 2.46. The van der Waals surface area contributed by atoms with E-state index < -0.39 is 0 Å². The molecule has 0 atom stereocenters. The van der Waals surface area contributed by atoms with Crippen LogP contribution in [0.1, 0.15) is 45.2 Å². The topological polar surface area (TPSA) is 4.93 Å². The van der Waals surface area contributed by atoms with Crippen LogP contribution in [-0.2, 0) is 0 Å². The lowest BCUT2D eigenvalue weighted by molar-refractivity contribution is 0.642. The summed E-state index contributed by atoms with van der Waals surface area (Å²) in [7, 11) is 0. The van der Waals surface area contributed by atoms with Gasteiger partial charge in [0.15, 0.2) is 0 Å². The van der Waals surface area contributed by atoms with Gasteiger partial charge >= 0.3 is 0 Å². The summed E-state index contributed by atoms with van der Waals surface area (Å²) < 4.78 is 5.27. The van der Waals surface area contributed by atoms with E-state index in [9.17, 15) is 0 Å². The highest BCUT2D eigenvalue weighted by atomic mass is 32.1. The van der Waals surface area contributed by atoms with Crippen LogP contribution in [0.15, 0.2) is 78.9 Å². The second-order valence-corrected chi connectivity index (χ2v) is 10.5. The Balaban J connectivity index is 1.66. The smallest absolute Gasteiger partial charge is 0.0494 e. The van der Waals surface area contributed by atoms with Crippen molar-refractivity contribution >= 4 is 53.3 Å². The molecule has 2 heterocycles. The Bertz CT molecular complexity index is 1630. The van der Waals surface area contributed by atoms with E-state index in [0.717, 1.165) is 0 Å². The third-order valence-electron chi connectivity index (χ3n) is 6.69. The minimum atomic E-state index is 0.421. The molecule has 2 aromatic heterocycles. The average molecular weight is 434 g/mol. The lowest BCUT2D eigenvalue weighted by Crippen LogP contribution is -1.99. The van der Waals surface area contributed by atoms with Crippen molar-refractivity contribution in [1.82, 2.24) is 4.57 Å². The summed E-state index contributed by atoms with van der Waals surface area (Å²) in [6.45, 7) is 9.15. The molecule has 0 fully saturated rings. The number of benzene rings is 4. The molecule has 0 N–H and O–H groups in total. The zero-order valence-electron chi connectivity index (χ0n) is 19.0. The number of aromatic nitrogens is 1. The summed E-state index contributed by atoms with van der Waals surface area (Å²) in [5.41, 5.74) is 6.69. The van der Waals surface area contributed by atoms with Crippen LogP contribution in [0.25, 0.3) is 53.1 Å². The van der Waals surface area contributed by atoms with E-state index in [-0.39, 0.29) is 0 Å². The Morgan fingerprint density at radius 2 is 1.31 bits per heavy atom. The van der Waals surface area contributed by atoms with Crippen LogP contribution < -0.4 is 0 Å². The van der Waals surface area contributed by atoms with Gasteiger partial charge in [-0.05, 0) is 72.9 Å². The van der Waals surface area contributed by atoms with Gasteiger partial charge in [-0.25, -0.2) is 0 Å². The molecule has 0 amide bonds. The van der Waals surface area contributed by atoms with E-state index >= 15 is 0 Å². The van der Waals surface area contributed by atoms with Crippen LogP contribution in [0.3, 0.4) is 0 Å². The molecule has 1 nitrogen and oxygen atoms in total. The van der Waals surface area contributed by atoms with Crippen molar-refractivity contribution in [3.05, 3.63) is 84.4 Å². The zero-order valence-corrected chi connectivity index (χ0v) is 19.8. The van der Waals surface area contributed by atoms with Crippen LogP contribution in [0, 0.1) is 0 Å². The number of para-hydroxylation sites is 1. The first-order valence-electron chi connectivity index (χ1n) is 11.5. The molecule has 0 aliphatic heterocycles. The molecule has 0 saturated heterocycles. The van der Waals surface area contributed by atoms with E-state index in [1.807, 2.05) is 11.3 Å². The molecular formula is C30H27NS. The summed E-state index contributed by atoms with van der Waals surface area (Å²) in [5, 5.41) is 5.43. The van der Waals surface area contributed by atoms with E-state index in [2.05, 4.69) is 111 Å². The molecule has 0 unspecified atom stereocenters. The first-order valence-corrected chi connectivity index (χ1v) is 12.3. The third kappa shape index (κ3) is 2.83. The van der Waals surface area contributed by atoms with Gasteiger partial charge in [0.1, 0.15) is 0 Å². The molecule has 6 rings (SSSR count). The van der Waals surface area contributed by atoms with Crippen molar-refractivity contribution in [3.8, 4) is 11.1 Å². The molecule has 0 spiro atoms. The average Bonchev–Trinajstić information content (AvgIpc) is 3.33. The number of nitrogens with zero attached hydrogens (tertiary/aromatic N) is 1. The first kappa shape index (κ1) is 19.6. The predicted octanol–water partition coefficient (Wildman–Crippen LogP) is 9.53. The second kappa shape index (κ2) is 7.21. The summed E-state index contributed by atoms with van der Waals surface area (Å²) in [5.74, 6) is 0.483. The van der Waals surface area contributed by atoms with Crippen LogP contribution in [-0.4, -0.2) is 4.57 Å². The fourth-order valence-corrected chi connectivity index (χ4v) is 6.53. The molecular weight excluding hydrogens is 406 g/mol. The molecule has 0 aliphatic rings. The second-order valence-electron chi connectivity index (χ2n) is 9.41. The Morgan fingerprint density at radius 3 is 2.09 bits per heavy atom. The molecule has 0 aliphatic carbocycles. The highest BCUT2D eigenvalue weighted by Crippen LogP contribution is 2.42. The zero-order chi connectivity index (χ0) is 22.0. The lowest BCUT2D eigenvalue weighted by Gasteiger charge is -2.13. The van der Waals surface area contributed by atoms with Gasteiger partial charge < -0.3 is 4.57 Å². The normalized spacial score (nSPS) is 12.3. The molecule has 2 heteroatoms. The van der Waals surface area contributed by atoms with Crippen molar-refractivity contribution in [2.45, 2.75) is 39.7 Å². The maximum atomic E-state index is 2.46. The van der Waals surface area contributed by atoms with Gasteiger partial charge in [0, 0.05) is 48.0 Å². The van der Waals surface area contributed by atoms with Gasteiger partial charge in [0.05, 0.1) is 0 Å². The van der Waals surface area contributed by atoms with E-state index in [4.69, 9.17) is 0 Å². The van der Waals surface area contributed by atoms with Crippen molar-refractivity contribution in [2.24, 2.45) is 0 Å². The van der Waals surface area contributed by atoms with Gasteiger partial charge in [0.25, 0.3) is 0 Å². The Labute approximate surface area is 192 Å². The number of thiophene rings is 1. The minimum Gasteiger partial charge on any atom is -0.338 e. The molecule has 0 radical (unpaired) electrons. The fraction of sp³-hybridized carbons (Fsp3) is 0.200. The summed E-state index contributed by atoms with van der Waals surface area (Å²) in [6.07, 6.45) is 0. The van der Waals surface area contributed by atoms with Crippen molar-refractivity contribution in [1.29, 1.82) is 0 Å². The first-order chi connectivity index (χ1) is 15.5. The molecule has 0 saturated carbocycles. The van der Waals surface area contributed by atoms with Crippen LogP contribution in [0.5, 0.6) is 0 Å². The lowest BCUT2D eigenvalue weighted by atomic mass is 9.94. The Kier molecular flexibility index (Phi) is 4.41. The highest BCUT2D eigenvalue weighted by Gasteiger charge is 2.16. The van der Waals surface area contributed by atoms with Crippen LogP contribution >= 0.6 is 11.3 Å². The van der Waals surface area contributed by atoms with Crippen LogP contribution in [0.2, 0.25) is 0 Å². The van der Waals surface area contributed by atoms with Gasteiger partial charge in [-0.2, -0.15) is 0 Å². The summed E-state index contributed by atoms with van der Waals surface area (Å²) in [4.78, 5) is 0. The van der Waals surface area contributed by atoms with E-state index in [1.54, 1.807) is 0 Å². The van der Waals surface area contributed by atoms with Gasteiger partial charge in [-0.3, -0.25) is 0 Å². The number of fused-ring (bicyclic) bond motifs is 6. The minimum absolute atomic E-state index is 0.421. The molecule has 4 aromatic carbocycles. The maximum Gasteiger partial charge on any atom is 0.0494 e. The number of rotatable bonds is 3. The van der Waals surface area contributed by atoms with E-state index in [0.29, 0.717) is 12.0 Å². The molecule has 32 heavy (non-hydrogen) atoms. The SMILES string of the molecule is CC(C)c1cc(-c2ccc3c(c2)c2ccccc2n3C(C)C)cc2c1sc1ccccc12. The standard InChI is InChI=1S/C30H27NS/c1-18(2)24-16-21(17-26-23-10-6-8-12-29(23)32-30(24)26)20-13-14-28-25(15-20)22-9-5-7-11-27(22)31(28)19(3)4/h5-19H,1-4H3.